The van der Waals surface area contributed by atoms with Gasteiger partial charge in [0.2, 0.25) is 0 Å². The van der Waals surface area contributed by atoms with Gasteiger partial charge < -0.3 is 19.5 Å². The van der Waals surface area contributed by atoms with Crippen LogP contribution in [-0.4, -0.2) is 36.3 Å². The second-order valence-electron chi connectivity index (χ2n) is 6.64. The van der Waals surface area contributed by atoms with Gasteiger partial charge in [-0.2, -0.15) is 0 Å². The maximum absolute atomic E-state index is 12.3. The molecule has 0 aliphatic heterocycles. The minimum absolute atomic E-state index is 0.0191. The number of ether oxygens (including phenoxy) is 3. The van der Waals surface area contributed by atoms with Gasteiger partial charge in [-0.3, -0.25) is 4.79 Å². The van der Waals surface area contributed by atoms with E-state index in [4.69, 9.17) is 14.2 Å². The van der Waals surface area contributed by atoms with Crippen LogP contribution in [-0.2, 0) is 30.4 Å². The van der Waals surface area contributed by atoms with Crippen molar-refractivity contribution in [2.45, 2.75) is 58.8 Å². The molecule has 1 rings (SSSR count). The normalized spacial score (nSPS) is 12.0. The summed E-state index contributed by atoms with van der Waals surface area (Å²) < 4.78 is 15.3. The number of benzene rings is 1. The molecule has 1 amide bonds. The number of alkyl carbamates (subject to hydrolysis) is 1. The molecule has 1 aromatic rings. The van der Waals surface area contributed by atoms with Crippen LogP contribution in [0.4, 0.5) is 4.79 Å². The van der Waals surface area contributed by atoms with Crippen molar-refractivity contribution in [1.29, 1.82) is 0 Å². The molecule has 1 aromatic carbocycles. The van der Waals surface area contributed by atoms with Gasteiger partial charge in [-0.05, 0) is 39.7 Å². The highest BCUT2D eigenvalue weighted by Gasteiger charge is 2.26. The Morgan fingerprint density at radius 2 is 1.73 bits per heavy atom. The predicted molar refractivity (Wildman–Crippen MR) is 95.3 cm³/mol. The molecule has 1 N–H and O–H groups in total. The maximum Gasteiger partial charge on any atom is 0.408 e. The molecule has 0 aliphatic carbocycles. The van der Waals surface area contributed by atoms with Crippen LogP contribution in [0.15, 0.2) is 30.3 Å². The first-order valence-electron chi connectivity index (χ1n) is 8.57. The molecule has 0 bridgehead atoms. The third kappa shape index (κ3) is 9.05. The summed E-state index contributed by atoms with van der Waals surface area (Å²) in [6, 6.07) is 8.17. The highest BCUT2D eigenvalue weighted by molar-refractivity contribution is 5.82. The lowest BCUT2D eigenvalue weighted by Gasteiger charge is -2.22. The molecule has 26 heavy (non-hydrogen) atoms. The van der Waals surface area contributed by atoms with E-state index in [1.54, 1.807) is 27.7 Å². The molecule has 0 aromatic heterocycles. The van der Waals surface area contributed by atoms with Gasteiger partial charge in [-0.15, -0.1) is 0 Å². The Hall–Kier alpha value is -2.57. The van der Waals surface area contributed by atoms with Crippen molar-refractivity contribution >= 4 is 18.0 Å². The summed E-state index contributed by atoms with van der Waals surface area (Å²) in [6.45, 7) is 7.17. The fraction of sp³-hybridized carbons (Fsp3) is 0.526. The summed E-state index contributed by atoms with van der Waals surface area (Å²) in [5, 5.41) is 2.46. The molecular formula is C19H27NO6. The van der Waals surface area contributed by atoms with Gasteiger partial charge >= 0.3 is 18.0 Å². The molecule has 0 heterocycles. The zero-order valence-corrected chi connectivity index (χ0v) is 15.7. The van der Waals surface area contributed by atoms with E-state index >= 15 is 0 Å². The Bertz CT molecular complexity index is 594. The van der Waals surface area contributed by atoms with Crippen molar-refractivity contribution in [1.82, 2.24) is 5.32 Å². The number of rotatable bonds is 8. The Morgan fingerprint density at radius 1 is 1.08 bits per heavy atom. The zero-order valence-electron chi connectivity index (χ0n) is 15.7. The van der Waals surface area contributed by atoms with Crippen molar-refractivity contribution in [3.8, 4) is 0 Å². The minimum Gasteiger partial charge on any atom is -0.466 e. The Kier molecular flexibility index (Phi) is 8.61. The molecule has 0 radical (unpaired) electrons. The second kappa shape index (κ2) is 10.4. The van der Waals surface area contributed by atoms with Gasteiger partial charge in [0.15, 0.2) is 0 Å². The van der Waals surface area contributed by atoms with Crippen molar-refractivity contribution < 1.29 is 28.6 Å². The van der Waals surface area contributed by atoms with E-state index in [0.29, 0.717) is 0 Å². The van der Waals surface area contributed by atoms with E-state index in [2.05, 4.69) is 5.32 Å². The van der Waals surface area contributed by atoms with Crippen LogP contribution < -0.4 is 5.32 Å². The number of esters is 2. The van der Waals surface area contributed by atoms with Crippen molar-refractivity contribution in [3.63, 3.8) is 0 Å². The number of carbonyl (C=O) groups is 3. The standard InChI is InChI=1S/C19H27NO6/c1-5-24-16(21)12-11-15(20-18(23)26-19(2,3)4)17(22)25-13-14-9-7-6-8-10-14/h6-10,15H,5,11-13H2,1-4H3,(H,20,23)/t15-/m1/s1. The third-order valence-electron chi connectivity index (χ3n) is 3.14. The summed E-state index contributed by atoms with van der Waals surface area (Å²) in [5.74, 6) is -1.08. The minimum atomic E-state index is -1.00. The lowest BCUT2D eigenvalue weighted by molar-refractivity contribution is -0.148. The van der Waals surface area contributed by atoms with Crippen LogP contribution in [0.25, 0.3) is 0 Å². The van der Waals surface area contributed by atoms with Gasteiger partial charge in [-0.1, -0.05) is 30.3 Å². The SMILES string of the molecule is CCOC(=O)CC[C@@H](NC(=O)OC(C)(C)C)C(=O)OCc1ccccc1. The monoisotopic (exact) mass is 365 g/mol. The summed E-state index contributed by atoms with van der Waals surface area (Å²) >= 11 is 0. The Morgan fingerprint density at radius 3 is 2.31 bits per heavy atom. The molecule has 0 aliphatic rings. The van der Waals surface area contributed by atoms with Crippen LogP contribution >= 0.6 is 0 Å². The van der Waals surface area contributed by atoms with Gasteiger partial charge in [0.1, 0.15) is 18.2 Å². The zero-order chi connectivity index (χ0) is 19.6. The molecule has 1 atom stereocenters. The maximum atomic E-state index is 12.3. The van der Waals surface area contributed by atoms with Crippen LogP contribution in [0.2, 0.25) is 0 Å². The molecule has 0 unspecified atom stereocenters. The van der Waals surface area contributed by atoms with E-state index in [1.165, 1.54) is 0 Å². The average molecular weight is 365 g/mol. The number of hydrogen-bond acceptors (Lipinski definition) is 6. The first-order chi connectivity index (χ1) is 12.2. The van der Waals surface area contributed by atoms with Gasteiger partial charge in [0.05, 0.1) is 6.61 Å². The molecule has 0 saturated heterocycles. The Labute approximate surface area is 154 Å². The first-order valence-corrected chi connectivity index (χ1v) is 8.57. The summed E-state index contributed by atoms with van der Waals surface area (Å²) in [6.07, 6.45) is -0.705. The lowest BCUT2D eigenvalue weighted by atomic mass is 10.1. The fourth-order valence-corrected chi connectivity index (χ4v) is 2.02. The quantitative estimate of drug-likeness (QED) is 0.563. The number of hydrogen-bond donors (Lipinski definition) is 1. The molecule has 0 fully saturated rings. The topological polar surface area (TPSA) is 90.9 Å². The predicted octanol–water partition coefficient (Wildman–Crippen LogP) is 2.97. The molecule has 7 heteroatoms. The van der Waals surface area contributed by atoms with Crippen molar-refractivity contribution in [3.05, 3.63) is 35.9 Å². The molecular weight excluding hydrogens is 338 g/mol. The summed E-state index contributed by atoms with van der Waals surface area (Å²) in [4.78, 5) is 35.9. The van der Waals surface area contributed by atoms with E-state index in [0.717, 1.165) is 5.56 Å². The fourth-order valence-electron chi connectivity index (χ4n) is 2.02. The largest absolute Gasteiger partial charge is 0.466 e. The summed E-state index contributed by atoms with van der Waals surface area (Å²) in [7, 11) is 0. The van der Waals surface area contributed by atoms with E-state index in [9.17, 15) is 14.4 Å². The average Bonchev–Trinajstić information content (AvgIpc) is 2.56. The van der Waals surface area contributed by atoms with Crippen molar-refractivity contribution in [2.24, 2.45) is 0 Å². The number of nitrogens with one attached hydrogen (secondary N) is 1. The molecule has 0 spiro atoms. The second-order valence-corrected chi connectivity index (χ2v) is 6.64. The highest BCUT2D eigenvalue weighted by Crippen LogP contribution is 2.10. The van der Waals surface area contributed by atoms with Crippen LogP contribution in [0.1, 0.15) is 46.1 Å². The summed E-state index contributed by atoms with van der Waals surface area (Å²) in [5.41, 5.74) is 0.117. The third-order valence-corrected chi connectivity index (χ3v) is 3.14. The molecule has 144 valence electrons. The number of carbonyl (C=O) groups excluding carboxylic acids is 3. The number of amides is 1. The van der Waals surface area contributed by atoms with Crippen molar-refractivity contribution in [2.75, 3.05) is 6.61 Å². The smallest absolute Gasteiger partial charge is 0.408 e. The van der Waals surface area contributed by atoms with Gasteiger partial charge in [0, 0.05) is 6.42 Å². The molecule has 0 saturated carbocycles. The van der Waals surface area contributed by atoms with E-state index < -0.39 is 29.7 Å². The Balaban J connectivity index is 2.66. The molecule has 7 nitrogen and oxygen atoms in total. The van der Waals surface area contributed by atoms with E-state index in [1.807, 2.05) is 30.3 Å². The van der Waals surface area contributed by atoms with Gasteiger partial charge in [0.25, 0.3) is 0 Å². The highest BCUT2D eigenvalue weighted by atomic mass is 16.6. The first kappa shape index (κ1) is 21.5. The van der Waals surface area contributed by atoms with Crippen LogP contribution in [0, 0.1) is 0 Å². The van der Waals surface area contributed by atoms with Gasteiger partial charge in [-0.25, -0.2) is 9.59 Å². The van der Waals surface area contributed by atoms with E-state index in [-0.39, 0.29) is 26.1 Å². The van der Waals surface area contributed by atoms with Crippen LogP contribution in [0.3, 0.4) is 0 Å². The lowest BCUT2D eigenvalue weighted by Crippen LogP contribution is -2.44. The van der Waals surface area contributed by atoms with Crippen LogP contribution in [0.5, 0.6) is 0 Å².